The molecule has 0 radical (unpaired) electrons. The van der Waals surface area contributed by atoms with Crippen LogP contribution in [-0.2, 0) is 0 Å². The van der Waals surface area contributed by atoms with Gasteiger partial charge in [0.2, 0.25) is 0 Å². The fourth-order valence-electron chi connectivity index (χ4n) is 1.87. The minimum atomic E-state index is 0.407. The number of aromatic nitrogens is 3. The van der Waals surface area contributed by atoms with Crippen molar-refractivity contribution in [3.63, 3.8) is 0 Å². The molecular weight excluding hydrogens is 188 g/mol. The van der Waals surface area contributed by atoms with Crippen molar-refractivity contribution in [1.82, 2.24) is 14.8 Å². The predicted octanol–water partition coefficient (Wildman–Crippen LogP) is 1.43. The highest BCUT2D eigenvalue weighted by Gasteiger charge is 2.14. The minimum absolute atomic E-state index is 0.407. The molecule has 0 aliphatic carbocycles. The van der Waals surface area contributed by atoms with E-state index in [4.69, 9.17) is 5.73 Å². The summed E-state index contributed by atoms with van der Waals surface area (Å²) in [5.74, 6) is 0.957. The van der Waals surface area contributed by atoms with E-state index in [1.165, 1.54) is 5.56 Å². The molecule has 2 rings (SSSR count). The highest BCUT2D eigenvalue weighted by atomic mass is 15.4. The summed E-state index contributed by atoms with van der Waals surface area (Å²) in [7, 11) is 0. The topological polar surface area (TPSA) is 56.2 Å². The molecule has 4 nitrogen and oxygen atoms in total. The number of nitrogens with zero attached hydrogens (tertiary/aromatic N) is 3. The summed E-state index contributed by atoms with van der Waals surface area (Å²) >= 11 is 0. The molecule has 0 aliphatic rings. The van der Waals surface area contributed by atoms with Crippen LogP contribution >= 0.6 is 0 Å². The maximum atomic E-state index is 5.79. The van der Waals surface area contributed by atoms with E-state index in [0.717, 1.165) is 5.52 Å². The molecule has 0 aromatic carbocycles. The normalized spacial score (nSPS) is 13.6. The molecule has 0 saturated carbocycles. The Bertz CT molecular complexity index is 447. The van der Waals surface area contributed by atoms with Gasteiger partial charge in [-0.1, -0.05) is 19.1 Å². The van der Waals surface area contributed by atoms with Gasteiger partial charge in [-0.05, 0) is 36.1 Å². The molecule has 0 spiro atoms. The maximum Gasteiger partial charge on any atom is 0.0867 e. The first-order valence-corrected chi connectivity index (χ1v) is 5.22. The number of hydrogen-bond acceptors (Lipinski definition) is 3. The number of fused-ring (bicyclic) bond motifs is 1. The third-order valence-electron chi connectivity index (χ3n) is 2.81. The molecule has 0 saturated heterocycles. The first kappa shape index (κ1) is 10.1. The van der Waals surface area contributed by atoms with Crippen molar-refractivity contribution in [2.75, 3.05) is 6.54 Å². The van der Waals surface area contributed by atoms with Gasteiger partial charge in [0, 0.05) is 6.20 Å². The van der Waals surface area contributed by atoms with Crippen molar-refractivity contribution in [3.05, 3.63) is 30.1 Å². The number of hydrogen-bond donors (Lipinski definition) is 1. The van der Waals surface area contributed by atoms with Gasteiger partial charge in [0.05, 0.1) is 11.7 Å². The van der Waals surface area contributed by atoms with Gasteiger partial charge in [-0.3, -0.25) is 0 Å². The lowest BCUT2D eigenvalue weighted by atomic mass is 9.89. The fourth-order valence-corrected chi connectivity index (χ4v) is 1.87. The zero-order valence-corrected chi connectivity index (χ0v) is 9.09. The van der Waals surface area contributed by atoms with Gasteiger partial charge in [0.1, 0.15) is 0 Å². The monoisotopic (exact) mass is 204 g/mol. The minimum Gasteiger partial charge on any atom is -0.330 e. The van der Waals surface area contributed by atoms with Gasteiger partial charge in [-0.15, -0.1) is 5.10 Å². The molecule has 1 atom stereocenters. The van der Waals surface area contributed by atoms with E-state index in [0.29, 0.717) is 18.4 Å². The van der Waals surface area contributed by atoms with Crippen LogP contribution in [0.1, 0.15) is 25.3 Å². The second-order valence-electron chi connectivity index (χ2n) is 4.15. The van der Waals surface area contributed by atoms with Crippen molar-refractivity contribution in [1.29, 1.82) is 0 Å². The van der Waals surface area contributed by atoms with Gasteiger partial charge in [0.25, 0.3) is 0 Å². The van der Waals surface area contributed by atoms with Crippen LogP contribution in [0.15, 0.2) is 24.5 Å². The fraction of sp³-hybridized carbons (Fsp3) is 0.455. The molecular formula is C11H16N4. The Kier molecular flexibility index (Phi) is 2.68. The van der Waals surface area contributed by atoms with Crippen LogP contribution in [-0.4, -0.2) is 21.4 Å². The van der Waals surface area contributed by atoms with E-state index in [-0.39, 0.29) is 0 Å². The summed E-state index contributed by atoms with van der Waals surface area (Å²) in [4.78, 5) is 0. The van der Waals surface area contributed by atoms with Crippen LogP contribution in [0.5, 0.6) is 0 Å². The van der Waals surface area contributed by atoms with Crippen molar-refractivity contribution in [3.8, 4) is 0 Å². The van der Waals surface area contributed by atoms with E-state index in [1.54, 1.807) is 10.7 Å². The lowest BCUT2D eigenvalue weighted by molar-refractivity contribution is 0.506. The van der Waals surface area contributed by atoms with Crippen LogP contribution < -0.4 is 5.73 Å². The molecule has 1 unspecified atom stereocenters. The Morgan fingerprint density at radius 1 is 1.47 bits per heavy atom. The molecule has 0 fully saturated rings. The molecule has 0 bridgehead atoms. The SMILES string of the molecule is CC(C)C(CN)c1ccn2nncc2c1. The molecule has 2 heterocycles. The zero-order valence-electron chi connectivity index (χ0n) is 9.09. The van der Waals surface area contributed by atoms with Crippen LogP contribution in [0, 0.1) is 5.92 Å². The first-order chi connectivity index (χ1) is 7.22. The Balaban J connectivity index is 2.41. The van der Waals surface area contributed by atoms with Crippen molar-refractivity contribution < 1.29 is 0 Å². The molecule has 0 aliphatic heterocycles. The molecule has 2 aromatic heterocycles. The van der Waals surface area contributed by atoms with Crippen molar-refractivity contribution >= 4 is 5.52 Å². The summed E-state index contributed by atoms with van der Waals surface area (Å²) in [5, 5.41) is 7.78. The van der Waals surface area contributed by atoms with Crippen LogP contribution in [0.2, 0.25) is 0 Å². The van der Waals surface area contributed by atoms with Crippen LogP contribution in [0.25, 0.3) is 5.52 Å². The van der Waals surface area contributed by atoms with Gasteiger partial charge in [-0.25, -0.2) is 4.52 Å². The highest BCUT2D eigenvalue weighted by Crippen LogP contribution is 2.23. The van der Waals surface area contributed by atoms with E-state index >= 15 is 0 Å². The van der Waals surface area contributed by atoms with Crippen LogP contribution in [0.3, 0.4) is 0 Å². The first-order valence-electron chi connectivity index (χ1n) is 5.22. The summed E-state index contributed by atoms with van der Waals surface area (Å²) < 4.78 is 1.76. The Hall–Kier alpha value is -1.42. The summed E-state index contributed by atoms with van der Waals surface area (Å²) in [6.07, 6.45) is 3.69. The molecule has 2 N–H and O–H groups in total. The molecule has 15 heavy (non-hydrogen) atoms. The van der Waals surface area contributed by atoms with E-state index in [1.807, 2.05) is 6.20 Å². The molecule has 4 heteroatoms. The average Bonchev–Trinajstić information content (AvgIpc) is 2.65. The third-order valence-corrected chi connectivity index (χ3v) is 2.81. The Morgan fingerprint density at radius 3 is 2.93 bits per heavy atom. The van der Waals surface area contributed by atoms with Crippen molar-refractivity contribution in [2.45, 2.75) is 19.8 Å². The number of nitrogens with two attached hydrogens (primary N) is 1. The smallest absolute Gasteiger partial charge is 0.0867 e. The standard InChI is InChI=1S/C11H16N4/c1-8(2)11(6-12)9-3-4-15-10(5-9)7-13-14-15/h3-5,7-8,11H,6,12H2,1-2H3. The highest BCUT2D eigenvalue weighted by molar-refractivity contribution is 5.46. The predicted molar refractivity (Wildman–Crippen MR) is 59.6 cm³/mol. The van der Waals surface area contributed by atoms with Crippen LogP contribution in [0.4, 0.5) is 0 Å². The Labute approximate surface area is 89.1 Å². The zero-order chi connectivity index (χ0) is 10.8. The van der Waals surface area contributed by atoms with E-state index in [2.05, 4.69) is 36.3 Å². The summed E-state index contributed by atoms with van der Waals surface area (Å²) in [6.45, 7) is 5.06. The Morgan fingerprint density at radius 2 is 2.27 bits per heavy atom. The lowest BCUT2D eigenvalue weighted by Gasteiger charge is -2.19. The van der Waals surface area contributed by atoms with Gasteiger partial charge < -0.3 is 5.73 Å². The lowest BCUT2D eigenvalue weighted by Crippen LogP contribution is -2.17. The van der Waals surface area contributed by atoms with Crippen molar-refractivity contribution in [2.24, 2.45) is 11.7 Å². The van der Waals surface area contributed by atoms with Gasteiger partial charge >= 0.3 is 0 Å². The summed E-state index contributed by atoms with van der Waals surface area (Å²) in [5.41, 5.74) is 8.07. The summed E-state index contributed by atoms with van der Waals surface area (Å²) in [6, 6.07) is 4.18. The molecule has 0 amide bonds. The van der Waals surface area contributed by atoms with Gasteiger partial charge in [-0.2, -0.15) is 0 Å². The van der Waals surface area contributed by atoms with E-state index in [9.17, 15) is 0 Å². The largest absolute Gasteiger partial charge is 0.330 e. The maximum absolute atomic E-state index is 5.79. The third kappa shape index (κ3) is 1.85. The molecule has 2 aromatic rings. The van der Waals surface area contributed by atoms with E-state index < -0.39 is 0 Å². The quantitative estimate of drug-likeness (QED) is 0.822. The average molecular weight is 204 g/mol. The second-order valence-corrected chi connectivity index (χ2v) is 4.15. The molecule has 80 valence electrons. The number of pyridine rings is 1. The van der Waals surface area contributed by atoms with Gasteiger partial charge in [0.15, 0.2) is 0 Å². The number of rotatable bonds is 3. The second kappa shape index (κ2) is 3.98.